The first kappa shape index (κ1) is 19.9. The average molecular weight is 361 g/mol. The summed E-state index contributed by atoms with van der Waals surface area (Å²) in [4.78, 5) is 40.9. The molecule has 3 amide bonds. The first-order chi connectivity index (χ1) is 12.3. The number of primary amides is 1. The molecule has 0 aliphatic carbocycles. The SMILES string of the molecule is CN(C)C(=O)CN1CCCN(CC(=O)Nc2ccc(C(N)=O)cc2)CC1. The number of nitrogens with one attached hydrogen (secondary N) is 1. The van der Waals surface area contributed by atoms with Crippen LogP contribution in [0.4, 0.5) is 5.69 Å². The molecule has 0 bridgehead atoms. The molecule has 0 aromatic heterocycles. The summed E-state index contributed by atoms with van der Waals surface area (Å²) in [5.74, 6) is -0.505. The molecule has 8 nitrogen and oxygen atoms in total. The van der Waals surface area contributed by atoms with Crippen LogP contribution in [0, 0.1) is 0 Å². The molecule has 142 valence electrons. The summed E-state index contributed by atoms with van der Waals surface area (Å²) >= 11 is 0. The van der Waals surface area contributed by atoms with Crippen LogP contribution in [0.1, 0.15) is 16.8 Å². The Morgan fingerprint density at radius 3 is 2.12 bits per heavy atom. The van der Waals surface area contributed by atoms with Crippen molar-refractivity contribution in [2.24, 2.45) is 5.73 Å². The summed E-state index contributed by atoms with van der Waals surface area (Å²) in [7, 11) is 3.51. The molecular weight excluding hydrogens is 334 g/mol. The lowest BCUT2D eigenvalue weighted by Crippen LogP contribution is -2.39. The Bertz CT molecular complexity index is 645. The van der Waals surface area contributed by atoms with Gasteiger partial charge < -0.3 is 16.0 Å². The maximum Gasteiger partial charge on any atom is 0.248 e. The minimum Gasteiger partial charge on any atom is -0.366 e. The number of benzene rings is 1. The van der Waals surface area contributed by atoms with E-state index in [2.05, 4.69) is 15.1 Å². The second-order valence-electron chi connectivity index (χ2n) is 6.68. The van der Waals surface area contributed by atoms with Crippen LogP contribution in [-0.4, -0.2) is 85.8 Å². The average Bonchev–Trinajstić information content (AvgIpc) is 2.80. The molecule has 0 spiro atoms. The van der Waals surface area contributed by atoms with Crippen molar-refractivity contribution in [2.45, 2.75) is 6.42 Å². The first-order valence-corrected chi connectivity index (χ1v) is 8.69. The highest BCUT2D eigenvalue weighted by molar-refractivity contribution is 5.95. The third-order valence-electron chi connectivity index (χ3n) is 4.36. The number of nitrogens with zero attached hydrogens (tertiary/aromatic N) is 3. The van der Waals surface area contributed by atoms with Gasteiger partial charge in [0.2, 0.25) is 17.7 Å². The molecule has 3 N–H and O–H groups in total. The third kappa shape index (κ3) is 6.12. The topological polar surface area (TPSA) is 99.0 Å². The van der Waals surface area contributed by atoms with Crippen molar-refractivity contribution < 1.29 is 14.4 Å². The highest BCUT2D eigenvalue weighted by Gasteiger charge is 2.19. The molecule has 8 heteroatoms. The van der Waals surface area contributed by atoms with Crippen molar-refractivity contribution in [1.29, 1.82) is 0 Å². The highest BCUT2D eigenvalue weighted by atomic mass is 16.2. The zero-order chi connectivity index (χ0) is 19.1. The lowest BCUT2D eigenvalue weighted by molar-refractivity contribution is -0.129. The number of nitrogens with two attached hydrogens (primary N) is 1. The van der Waals surface area contributed by atoms with E-state index in [1.165, 1.54) is 0 Å². The van der Waals surface area contributed by atoms with Gasteiger partial charge in [-0.25, -0.2) is 0 Å². The second-order valence-corrected chi connectivity index (χ2v) is 6.68. The number of likely N-dealkylation sites (N-methyl/N-ethyl adjacent to an activating group) is 1. The van der Waals surface area contributed by atoms with Crippen LogP contribution in [-0.2, 0) is 9.59 Å². The van der Waals surface area contributed by atoms with Gasteiger partial charge in [0.1, 0.15) is 0 Å². The zero-order valence-corrected chi connectivity index (χ0v) is 15.4. The Hall–Kier alpha value is -2.45. The van der Waals surface area contributed by atoms with Gasteiger partial charge in [-0.15, -0.1) is 0 Å². The monoisotopic (exact) mass is 361 g/mol. The van der Waals surface area contributed by atoms with Crippen LogP contribution in [0.3, 0.4) is 0 Å². The lowest BCUT2D eigenvalue weighted by atomic mass is 10.2. The molecule has 2 rings (SSSR count). The molecule has 1 heterocycles. The molecule has 1 aliphatic rings. The van der Waals surface area contributed by atoms with Gasteiger partial charge in [-0.3, -0.25) is 24.2 Å². The van der Waals surface area contributed by atoms with E-state index in [9.17, 15) is 14.4 Å². The molecule has 0 radical (unpaired) electrons. The van der Waals surface area contributed by atoms with E-state index in [4.69, 9.17) is 5.73 Å². The number of hydrogen-bond donors (Lipinski definition) is 2. The van der Waals surface area contributed by atoms with E-state index in [-0.39, 0.29) is 11.8 Å². The Morgan fingerprint density at radius 1 is 1.00 bits per heavy atom. The molecule has 0 atom stereocenters. The fourth-order valence-corrected chi connectivity index (χ4v) is 2.79. The number of anilines is 1. The van der Waals surface area contributed by atoms with Gasteiger partial charge >= 0.3 is 0 Å². The quantitative estimate of drug-likeness (QED) is 0.732. The zero-order valence-electron chi connectivity index (χ0n) is 15.4. The van der Waals surface area contributed by atoms with Crippen molar-refractivity contribution >= 4 is 23.4 Å². The van der Waals surface area contributed by atoms with Crippen LogP contribution < -0.4 is 11.1 Å². The first-order valence-electron chi connectivity index (χ1n) is 8.69. The van der Waals surface area contributed by atoms with Crippen molar-refractivity contribution in [1.82, 2.24) is 14.7 Å². The third-order valence-corrected chi connectivity index (χ3v) is 4.36. The van der Waals surface area contributed by atoms with Gasteiger partial charge in [0, 0.05) is 38.4 Å². The molecular formula is C18H27N5O3. The molecule has 0 unspecified atom stereocenters. The lowest BCUT2D eigenvalue weighted by Gasteiger charge is -2.22. The largest absolute Gasteiger partial charge is 0.366 e. The van der Waals surface area contributed by atoms with Crippen LogP contribution in [0.2, 0.25) is 0 Å². The maximum atomic E-state index is 12.2. The van der Waals surface area contributed by atoms with E-state index in [1.807, 2.05) is 0 Å². The van der Waals surface area contributed by atoms with Gasteiger partial charge in [-0.2, -0.15) is 0 Å². The van der Waals surface area contributed by atoms with E-state index >= 15 is 0 Å². The van der Waals surface area contributed by atoms with E-state index in [1.54, 1.807) is 43.3 Å². The van der Waals surface area contributed by atoms with Crippen molar-refractivity contribution in [3.63, 3.8) is 0 Å². The standard InChI is InChI=1S/C18H27N5O3/c1-21(2)17(25)13-23-9-3-8-22(10-11-23)12-16(24)20-15-6-4-14(5-7-15)18(19)26/h4-7H,3,8-13H2,1-2H3,(H2,19,26)(H,20,24). The van der Waals surface area contributed by atoms with Gasteiger partial charge in [-0.05, 0) is 43.8 Å². The number of rotatable bonds is 6. The summed E-state index contributed by atoms with van der Waals surface area (Å²) < 4.78 is 0. The molecule has 1 aromatic rings. The summed E-state index contributed by atoms with van der Waals surface area (Å²) in [6.45, 7) is 3.90. The Kier molecular flexibility index (Phi) is 7.11. The van der Waals surface area contributed by atoms with Gasteiger partial charge in [-0.1, -0.05) is 0 Å². The van der Waals surface area contributed by atoms with Gasteiger partial charge in [0.25, 0.3) is 0 Å². The molecule has 1 saturated heterocycles. The van der Waals surface area contributed by atoms with Gasteiger partial charge in [0.15, 0.2) is 0 Å². The summed E-state index contributed by atoms with van der Waals surface area (Å²) in [6.07, 6.45) is 0.918. The van der Waals surface area contributed by atoms with E-state index in [0.717, 1.165) is 32.6 Å². The normalized spacial score (nSPS) is 15.9. The predicted molar refractivity (Wildman–Crippen MR) is 99.8 cm³/mol. The Morgan fingerprint density at radius 2 is 1.58 bits per heavy atom. The second kappa shape index (κ2) is 9.30. The van der Waals surface area contributed by atoms with Gasteiger partial charge in [0.05, 0.1) is 13.1 Å². The Balaban J connectivity index is 1.80. The molecule has 1 aliphatic heterocycles. The minimum atomic E-state index is -0.496. The van der Waals surface area contributed by atoms with Crippen LogP contribution in [0.5, 0.6) is 0 Å². The predicted octanol–water partition coefficient (Wildman–Crippen LogP) is -0.180. The van der Waals surface area contributed by atoms with Crippen molar-refractivity contribution in [3.05, 3.63) is 29.8 Å². The number of carbonyl (C=O) groups is 3. The number of amides is 3. The summed E-state index contributed by atoms with van der Waals surface area (Å²) in [6, 6.07) is 6.50. The fourth-order valence-electron chi connectivity index (χ4n) is 2.79. The smallest absolute Gasteiger partial charge is 0.248 e. The van der Waals surface area contributed by atoms with Crippen LogP contribution in [0.25, 0.3) is 0 Å². The van der Waals surface area contributed by atoms with E-state index in [0.29, 0.717) is 24.3 Å². The van der Waals surface area contributed by atoms with Crippen LogP contribution in [0.15, 0.2) is 24.3 Å². The Labute approximate surface area is 153 Å². The van der Waals surface area contributed by atoms with Crippen LogP contribution >= 0.6 is 0 Å². The van der Waals surface area contributed by atoms with Crippen molar-refractivity contribution in [2.75, 3.05) is 58.7 Å². The molecule has 0 saturated carbocycles. The molecule has 1 aromatic carbocycles. The summed E-state index contributed by atoms with van der Waals surface area (Å²) in [5.41, 5.74) is 6.24. The minimum absolute atomic E-state index is 0.0931. The number of carbonyl (C=O) groups excluding carboxylic acids is 3. The van der Waals surface area contributed by atoms with E-state index < -0.39 is 5.91 Å². The number of hydrogen-bond acceptors (Lipinski definition) is 5. The molecule has 26 heavy (non-hydrogen) atoms. The highest BCUT2D eigenvalue weighted by Crippen LogP contribution is 2.10. The molecule has 1 fully saturated rings. The van der Waals surface area contributed by atoms with Crippen molar-refractivity contribution in [3.8, 4) is 0 Å². The maximum absolute atomic E-state index is 12.2. The fraction of sp³-hybridized carbons (Fsp3) is 0.500. The summed E-state index contributed by atoms with van der Waals surface area (Å²) in [5, 5.41) is 2.83.